The highest BCUT2D eigenvalue weighted by Gasteiger charge is 2.08. The zero-order valence-electron chi connectivity index (χ0n) is 11.6. The second-order valence-corrected chi connectivity index (χ2v) is 4.51. The average Bonchev–Trinajstić information content (AvgIpc) is 2.42. The van der Waals surface area contributed by atoms with Gasteiger partial charge in [-0.15, -0.1) is 0 Å². The quantitative estimate of drug-likeness (QED) is 0.823. The zero-order valence-corrected chi connectivity index (χ0v) is 11.6. The molecule has 0 unspecified atom stereocenters. The standard InChI is InChI=1S/C16H21NO2/c1-3-4-10-16(19)17(2)13-15-8-5-7-14(12-15)9-6-11-18/h5,7-8,12,18H,3-4,10-11,13H2,1-2H3. The van der Waals surface area contributed by atoms with Crippen LogP contribution in [0.5, 0.6) is 0 Å². The van der Waals surface area contributed by atoms with Gasteiger partial charge in [0.05, 0.1) is 0 Å². The number of rotatable bonds is 5. The first-order valence-corrected chi connectivity index (χ1v) is 6.60. The van der Waals surface area contributed by atoms with Crippen molar-refractivity contribution < 1.29 is 9.90 Å². The van der Waals surface area contributed by atoms with Gasteiger partial charge in [-0.25, -0.2) is 0 Å². The molecule has 0 fully saturated rings. The minimum atomic E-state index is -0.139. The van der Waals surface area contributed by atoms with Crippen molar-refractivity contribution in [2.45, 2.75) is 32.7 Å². The van der Waals surface area contributed by atoms with E-state index in [2.05, 4.69) is 18.8 Å². The molecule has 1 N–H and O–H groups in total. The minimum absolute atomic E-state index is 0.139. The minimum Gasteiger partial charge on any atom is -0.384 e. The van der Waals surface area contributed by atoms with Gasteiger partial charge in [-0.1, -0.05) is 37.3 Å². The van der Waals surface area contributed by atoms with Crippen LogP contribution in [0.3, 0.4) is 0 Å². The molecular formula is C16H21NO2. The van der Waals surface area contributed by atoms with E-state index in [9.17, 15) is 4.79 Å². The first kappa shape index (κ1) is 15.3. The monoisotopic (exact) mass is 259 g/mol. The Hall–Kier alpha value is -1.79. The molecular weight excluding hydrogens is 238 g/mol. The molecule has 0 bridgehead atoms. The van der Waals surface area contributed by atoms with Crippen LogP contribution in [0, 0.1) is 11.8 Å². The van der Waals surface area contributed by atoms with Crippen LogP contribution in [0.25, 0.3) is 0 Å². The molecule has 0 saturated carbocycles. The second kappa shape index (κ2) is 8.34. The van der Waals surface area contributed by atoms with Crippen LogP contribution >= 0.6 is 0 Å². The molecule has 1 aromatic rings. The van der Waals surface area contributed by atoms with Gasteiger partial charge in [0.25, 0.3) is 0 Å². The Morgan fingerprint density at radius 3 is 2.89 bits per heavy atom. The van der Waals surface area contributed by atoms with Gasteiger partial charge < -0.3 is 10.0 Å². The highest BCUT2D eigenvalue weighted by molar-refractivity contribution is 5.75. The Balaban J connectivity index is 2.63. The first-order valence-electron chi connectivity index (χ1n) is 6.60. The Kier molecular flexibility index (Phi) is 6.70. The summed E-state index contributed by atoms with van der Waals surface area (Å²) in [5.41, 5.74) is 1.91. The van der Waals surface area contributed by atoms with Crippen molar-refractivity contribution in [1.82, 2.24) is 4.90 Å². The van der Waals surface area contributed by atoms with E-state index in [0.717, 1.165) is 24.0 Å². The molecule has 0 spiro atoms. The van der Waals surface area contributed by atoms with E-state index in [1.165, 1.54) is 0 Å². The largest absolute Gasteiger partial charge is 0.384 e. The zero-order chi connectivity index (χ0) is 14.1. The normalized spacial score (nSPS) is 9.63. The van der Waals surface area contributed by atoms with Gasteiger partial charge in [-0.3, -0.25) is 4.79 Å². The first-order chi connectivity index (χ1) is 9.17. The third kappa shape index (κ3) is 5.58. The molecule has 102 valence electrons. The molecule has 1 rings (SSSR count). The van der Waals surface area contributed by atoms with Gasteiger partial charge in [0.2, 0.25) is 5.91 Å². The fourth-order valence-corrected chi connectivity index (χ4v) is 1.77. The fraction of sp³-hybridized carbons (Fsp3) is 0.438. The molecule has 0 aromatic heterocycles. The SMILES string of the molecule is CCCCC(=O)N(C)Cc1cccc(C#CCO)c1. The van der Waals surface area contributed by atoms with Gasteiger partial charge in [-0.05, 0) is 24.1 Å². The lowest BCUT2D eigenvalue weighted by atomic mass is 10.1. The Morgan fingerprint density at radius 1 is 1.42 bits per heavy atom. The number of aliphatic hydroxyl groups excluding tert-OH is 1. The number of amides is 1. The number of unbranched alkanes of at least 4 members (excludes halogenated alkanes) is 1. The summed E-state index contributed by atoms with van der Waals surface area (Å²) in [6.07, 6.45) is 2.58. The van der Waals surface area contributed by atoms with Crippen LogP contribution in [0.1, 0.15) is 37.3 Å². The summed E-state index contributed by atoms with van der Waals surface area (Å²) in [5.74, 6) is 5.66. The second-order valence-electron chi connectivity index (χ2n) is 4.51. The Morgan fingerprint density at radius 2 is 2.21 bits per heavy atom. The molecule has 19 heavy (non-hydrogen) atoms. The summed E-state index contributed by atoms with van der Waals surface area (Å²) in [6.45, 7) is 2.54. The van der Waals surface area contributed by atoms with Crippen LogP contribution < -0.4 is 0 Å². The Bertz CT molecular complexity index is 471. The summed E-state index contributed by atoms with van der Waals surface area (Å²) in [5, 5.41) is 8.67. The van der Waals surface area contributed by atoms with Crippen molar-refractivity contribution in [2.75, 3.05) is 13.7 Å². The van der Waals surface area contributed by atoms with Crippen LogP contribution in [-0.4, -0.2) is 29.6 Å². The van der Waals surface area contributed by atoms with E-state index >= 15 is 0 Å². The molecule has 0 heterocycles. The van der Waals surface area contributed by atoms with Gasteiger partial charge >= 0.3 is 0 Å². The van der Waals surface area contributed by atoms with Crippen LogP contribution in [-0.2, 0) is 11.3 Å². The lowest BCUT2D eigenvalue weighted by molar-refractivity contribution is -0.130. The van der Waals surface area contributed by atoms with Crippen LogP contribution in [0.2, 0.25) is 0 Å². The fourth-order valence-electron chi connectivity index (χ4n) is 1.77. The third-order valence-electron chi connectivity index (χ3n) is 2.83. The molecule has 0 aliphatic heterocycles. The Labute approximate surface area is 115 Å². The lowest BCUT2D eigenvalue weighted by Crippen LogP contribution is -2.25. The average molecular weight is 259 g/mol. The predicted molar refractivity (Wildman–Crippen MR) is 76.4 cm³/mol. The highest BCUT2D eigenvalue weighted by atomic mass is 16.2. The maximum Gasteiger partial charge on any atom is 0.222 e. The number of hydrogen-bond donors (Lipinski definition) is 1. The van der Waals surface area contributed by atoms with Gasteiger partial charge in [0.15, 0.2) is 0 Å². The summed E-state index contributed by atoms with van der Waals surface area (Å²) >= 11 is 0. The van der Waals surface area contributed by atoms with Crippen molar-refractivity contribution in [3.8, 4) is 11.8 Å². The maximum atomic E-state index is 11.8. The molecule has 1 amide bonds. The number of carbonyl (C=O) groups excluding carboxylic acids is 1. The molecule has 0 saturated heterocycles. The number of aliphatic hydroxyl groups is 1. The molecule has 1 aromatic carbocycles. The molecule has 3 heteroatoms. The van der Waals surface area contributed by atoms with Crippen molar-refractivity contribution in [2.24, 2.45) is 0 Å². The van der Waals surface area contributed by atoms with E-state index in [-0.39, 0.29) is 12.5 Å². The van der Waals surface area contributed by atoms with E-state index in [4.69, 9.17) is 5.11 Å². The van der Waals surface area contributed by atoms with E-state index in [0.29, 0.717) is 13.0 Å². The lowest BCUT2D eigenvalue weighted by Gasteiger charge is -2.17. The van der Waals surface area contributed by atoms with Crippen molar-refractivity contribution in [3.63, 3.8) is 0 Å². The van der Waals surface area contributed by atoms with Gasteiger partial charge in [0, 0.05) is 25.6 Å². The maximum absolute atomic E-state index is 11.8. The number of benzene rings is 1. The summed E-state index contributed by atoms with van der Waals surface area (Å²) in [4.78, 5) is 13.6. The van der Waals surface area contributed by atoms with Crippen molar-refractivity contribution in [3.05, 3.63) is 35.4 Å². The van der Waals surface area contributed by atoms with E-state index in [1.807, 2.05) is 31.3 Å². The molecule has 3 nitrogen and oxygen atoms in total. The molecule has 0 radical (unpaired) electrons. The van der Waals surface area contributed by atoms with Crippen LogP contribution in [0.15, 0.2) is 24.3 Å². The topological polar surface area (TPSA) is 40.5 Å². The number of hydrogen-bond acceptors (Lipinski definition) is 2. The third-order valence-corrected chi connectivity index (χ3v) is 2.83. The van der Waals surface area contributed by atoms with Crippen molar-refractivity contribution >= 4 is 5.91 Å². The van der Waals surface area contributed by atoms with Gasteiger partial charge in [-0.2, -0.15) is 0 Å². The highest BCUT2D eigenvalue weighted by Crippen LogP contribution is 2.08. The van der Waals surface area contributed by atoms with Gasteiger partial charge in [0.1, 0.15) is 6.61 Å². The molecule has 0 atom stereocenters. The van der Waals surface area contributed by atoms with E-state index < -0.39 is 0 Å². The summed E-state index contributed by atoms with van der Waals surface area (Å²) < 4.78 is 0. The number of nitrogens with zero attached hydrogens (tertiary/aromatic N) is 1. The molecule has 0 aliphatic rings. The summed E-state index contributed by atoms with van der Waals surface area (Å²) in [6, 6.07) is 7.74. The number of carbonyl (C=O) groups is 1. The van der Waals surface area contributed by atoms with E-state index in [1.54, 1.807) is 4.90 Å². The molecule has 0 aliphatic carbocycles. The van der Waals surface area contributed by atoms with Crippen molar-refractivity contribution in [1.29, 1.82) is 0 Å². The predicted octanol–water partition coefficient (Wildman–Crippen LogP) is 2.18. The summed E-state index contributed by atoms with van der Waals surface area (Å²) in [7, 11) is 1.82. The smallest absolute Gasteiger partial charge is 0.222 e. The van der Waals surface area contributed by atoms with Crippen LogP contribution in [0.4, 0.5) is 0 Å².